The van der Waals surface area contributed by atoms with Crippen LogP contribution in [0.2, 0.25) is 0 Å². The second kappa shape index (κ2) is 8.12. The molecule has 0 saturated carbocycles. The highest BCUT2D eigenvalue weighted by atomic mass is 16.5. The number of morpholine rings is 1. The summed E-state index contributed by atoms with van der Waals surface area (Å²) in [4.78, 5) is 28.7. The minimum atomic E-state index is -0.452. The van der Waals surface area contributed by atoms with E-state index in [0.717, 1.165) is 5.39 Å². The quantitative estimate of drug-likeness (QED) is 0.397. The number of amides is 1. The number of nitrogens with one attached hydrogen (secondary N) is 1. The zero-order chi connectivity index (χ0) is 25.1. The highest BCUT2D eigenvalue weighted by Gasteiger charge is 2.58. The lowest BCUT2D eigenvalue weighted by molar-refractivity contribution is -0.131. The molecule has 16 heteroatoms. The molecule has 0 atom stereocenters. The van der Waals surface area contributed by atoms with Crippen molar-refractivity contribution in [3.05, 3.63) is 36.5 Å². The van der Waals surface area contributed by atoms with E-state index in [1.165, 1.54) is 0 Å². The standard InChI is InChI=1S/C18H27B8N5O3/c1-8-27-6-12(33-8)10-3-2-9-5-28-13(4-11(9)29-10)30-14(32)7-31-15(19,20)17(23,24)34-18(25,26)16(31,21)22/h2-6H,7,19-26H2,1H3,(H,28,30,32). The Morgan fingerprint density at radius 3 is 2.24 bits per heavy atom. The number of aromatic nitrogens is 3. The molecule has 4 rings (SSSR count). The van der Waals surface area contributed by atoms with E-state index in [-0.39, 0.29) is 23.1 Å². The number of aryl methyl sites for hydroxylation is 1. The number of nitrogens with zero attached hydrogens (tertiary/aromatic N) is 4. The van der Waals surface area contributed by atoms with Gasteiger partial charge in [0.15, 0.2) is 11.7 Å². The largest absolute Gasteiger partial charge is 0.439 e. The average Bonchev–Trinajstić information content (AvgIpc) is 3.16. The molecule has 0 aliphatic carbocycles. The van der Waals surface area contributed by atoms with Crippen molar-refractivity contribution in [1.29, 1.82) is 0 Å². The molecule has 1 saturated heterocycles. The van der Waals surface area contributed by atoms with Crippen molar-refractivity contribution in [3.63, 3.8) is 0 Å². The van der Waals surface area contributed by atoms with Crippen LogP contribution in [0.5, 0.6) is 0 Å². The van der Waals surface area contributed by atoms with Crippen LogP contribution < -0.4 is 5.32 Å². The number of oxazole rings is 1. The van der Waals surface area contributed by atoms with Gasteiger partial charge in [-0.2, -0.15) is 0 Å². The SMILES string of the molecule is BC1(B)OC(B)(B)C(B)(B)N(CC(=O)Nc2cc3nc(-c4cnc(C)o4)ccc3cn2)C1(B)B. The number of hydrogen-bond acceptors (Lipinski definition) is 7. The van der Waals surface area contributed by atoms with Gasteiger partial charge in [-0.1, -0.05) is 0 Å². The molecule has 1 aliphatic heterocycles. The normalized spacial score (nSPS) is 20.6. The van der Waals surface area contributed by atoms with Gasteiger partial charge in [-0.05, 0) is 22.8 Å². The fraction of sp³-hybridized carbons (Fsp3) is 0.333. The Morgan fingerprint density at radius 2 is 1.65 bits per heavy atom. The minimum absolute atomic E-state index is 0.136. The number of fused-ring (bicyclic) bond motifs is 1. The highest BCUT2D eigenvalue weighted by molar-refractivity contribution is 6.59. The molecule has 1 amide bonds. The molecule has 166 valence electrons. The van der Waals surface area contributed by atoms with Gasteiger partial charge < -0.3 is 19.4 Å². The van der Waals surface area contributed by atoms with Crippen molar-refractivity contribution in [2.45, 2.75) is 28.4 Å². The molecule has 0 spiro atoms. The van der Waals surface area contributed by atoms with E-state index in [2.05, 4.69) is 87.9 Å². The summed E-state index contributed by atoms with van der Waals surface area (Å²) in [7, 11) is 16.8. The molecule has 0 bridgehead atoms. The number of hydrogen-bond donors (Lipinski definition) is 1. The summed E-state index contributed by atoms with van der Waals surface area (Å²) in [6.45, 7) is 2.00. The summed E-state index contributed by atoms with van der Waals surface area (Å²) in [6.07, 6.45) is 3.37. The first-order valence-electron chi connectivity index (χ1n) is 11.6. The molecule has 0 aromatic carbocycles. The number of carbonyl (C=O) groups is 1. The number of rotatable bonds is 4. The number of ether oxygens (including phenoxy) is 1. The van der Waals surface area contributed by atoms with Crippen LogP contribution in [-0.4, -0.2) is 117 Å². The minimum Gasteiger partial charge on any atom is -0.439 e. The van der Waals surface area contributed by atoms with Crippen LogP contribution in [0.1, 0.15) is 5.89 Å². The fourth-order valence-corrected chi connectivity index (χ4v) is 4.66. The van der Waals surface area contributed by atoms with Crippen molar-refractivity contribution in [1.82, 2.24) is 19.9 Å². The zero-order valence-electron chi connectivity index (χ0n) is 21.6. The van der Waals surface area contributed by atoms with Crippen molar-refractivity contribution in [2.24, 2.45) is 0 Å². The van der Waals surface area contributed by atoms with E-state index in [4.69, 9.17) is 9.15 Å². The van der Waals surface area contributed by atoms with Crippen LogP contribution in [0.25, 0.3) is 22.4 Å². The molecule has 3 aromatic rings. The third-order valence-electron chi connectivity index (χ3n) is 7.82. The number of carbonyl (C=O) groups excluding carboxylic acids is 1. The lowest BCUT2D eigenvalue weighted by Crippen LogP contribution is -2.86. The van der Waals surface area contributed by atoms with E-state index in [1.54, 1.807) is 25.4 Å². The van der Waals surface area contributed by atoms with Crippen LogP contribution >= 0.6 is 0 Å². The van der Waals surface area contributed by atoms with E-state index in [9.17, 15) is 4.79 Å². The van der Waals surface area contributed by atoms with Gasteiger partial charge in [0.2, 0.25) is 5.91 Å². The Labute approximate surface area is 207 Å². The summed E-state index contributed by atoms with van der Waals surface area (Å²) in [5, 5.41) is 2.17. The van der Waals surface area contributed by atoms with Gasteiger partial charge in [0, 0.05) is 35.4 Å². The first-order valence-corrected chi connectivity index (χ1v) is 11.6. The molecule has 4 heterocycles. The Balaban J connectivity index is 1.58. The third kappa shape index (κ3) is 4.15. The fourth-order valence-electron chi connectivity index (χ4n) is 4.66. The molecular formula is C18H27B8N5O3. The second-order valence-electron chi connectivity index (χ2n) is 11.1. The highest BCUT2D eigenvalue weighted by Crippen LogP contribution is 2.39. The molecule has 1 fully saturated rings. The zero-order valence-corrected chi connectivity index (χ0v) is 21.6. The van der Waals surface area contributed by atoms with Crippen LogP contribution in [-0.2, 0) is 9.53 Å². The molecule has 0 radical (unpaired) electrons. The summed E-state index contributed by atoms with van der Waals surface area (Å²) < 4.78 is 12.1. The van der Waals surface area contributed by atoms with Crippen molar-refractivity contribution in [2.75, 3.05) is 11.9 Å². The van der Waals surface area contributed by atoms with Gasteiger partial charge in [-0.25, -0.2) is 15.0 Å². The molecule has 1 N–H and O–H groups in total. The van der Waals surface area contributed by atoms with Crippen molar-refractivity contribution < 1.29 is 13.9 Å². The van der Waals surface area contributed by atoms with Gasteiger partial charge in [-0.3, -0.25) is 4.79 Å². The summed E-state index contributed by atoms with van der Waals surface area (Å²) >= 11 is 0. The van der Waals surface area contributed by atoms with Crippen LogP contribution in [0.15, 0.2) is 35.0 Å². The van der Waals surface area contributed by atoms with Crippen LogP contribution in [0.3, 0.4) is 0 Å². The molecule has 3 aromatic heterocycles. The molecule has 34 heavy (non-hydrogen) atoms. The first kappa shape index (κ1) is 24.8. The van der Waals surface area contributed by atoms with Gasteiger partial charge in [0.1, 0.15) is 74.3 Å². The van der Waals surface area contributed by atoms with Gasteiger partial charge in [0.05, 0.1) is 18.3 Å². The summed E-state index contributed by atoms with van der Waals surface area (Å²) in [5.74, 6) is 1.51. The van der Waals surface area contributed by atoms with Crippen molar-refractivity contribution in [3.8, 4) is 11.5 Å². The van der Waals surface area contributed by atoms with Crippen LogP contribution in [0, 0.1) is 6.92 Å². The maximum absolute atomic E-state index is 13.2. The summed E-state index contributed by atoms with van der Waals surface area (Å²) in [6, 6.07) is 5.58. The van der Waals surface area contributed by atoms with Gasteiger partial charge in [0.25, 0.3) is 0 Å². The Bertz CT molecular complexity index is 1240. The Morgan fingerprint density at radius 1 is 1.00 bits per heavy atom. The number of anilines is 1. The monoisotopic (exact) mass is 449 g/mol. The maximum Gasteiger partial charge on any atom is 0.239 e. The van der Waals surface area contributed by atoms with Gasteiger partial charge in [-0.15, -0.1) is 0 Å². The molecule has 0 unspecified atom stereocenters. The van der Waals surface area contributed by atoms with E-state index in [1.807, 2.05) is 12.1 Å². The van der Waals surface area contributed by atoms with E-state index in [0.29, 0.717) is 28.7 Å². The first-order chi connectivity index (χ1) is 15.6. The predicted molar refractivity (Wildman–Crippen MR) is 155 cm³/mol. The lowest BCUT2D eigenvalue weighted by Gasteiger charge is -2.68. The Hall–Kier alpha value is -2.32. The summed E-state index contributed by atoms with van der Waals surface area (Å²) in [5.41, 5.74) is 1.39. The molecule has 1 aliphatic rings. The predicted octanol–water partition coefficient (Wildman–Crippen LogP) is -6.46. The van der Waals surface area contributed by atoms with Gasteiger partial charge >= 0.3 is 0 Å². The molecular weight excluding hydrogens is 421 g/mol. The maximum atomic E-state index is 13.2. The second-order valence-corrected chi connectivity index (χ2v) is 11.1. The topological polar surface area (TPSA) is 93.4 Å². The van der Waals surface area contributed by atoms with E-state index < -0.39 is 10.8 Å². The van der Waals surface area contributed by atoms with Crippen LogP contribution in [0.4, 0.5) is 5.82 Å². The Kier molecular flexibility index (Phi) is 5.92. The van der Waals surface area contributed by atoms with E-state index >= 15 is 0 Å². The third-order valence-corrected chi connectivity index (χ3v) is 7.82. The number of pyridine rings is 2. The smallest absolute Gasteiger partial charge is 0.239 e. The van der Waals surface area contributed by atoms with Crippen molar-refractivity contribution >= 4 is 85.4 Å². The molecule has 8 nitrogen and oxygen atoms in total. The lowest BCUT2D eigenvalue weighted by atomic mass is 9.30. The average molecular weight is 448 g/mol.